The van der Waals surface area contributed by atoms with Crippen LogP contribution in [-0.2, 0) is 29.0 Å². The Hall–Kier alpha value is -5.21. The fourth-order valence-corrected chi connectivity index (χ4v) is 5.01. The molecule has 5 aromatic rings. The highest BCUT2D eigenvalue weighted by Gasteiger charge is 2.24. The molecule has 1 saturated heterocycles. The van der Waals surface area contributed by atoms with Gasteiger partial charge < -0.3 is 18.8 Å². The normalized spacial score (nSPS) is 14.2. The number of hydrogen-bond donors (Lipinski definition) is 0. The van der Waals surface area contributed by atoms with Crippen LogP contribution in [-0.4, -0.2) is 40.3 Å². The summed E-state index contributed by atoms with van der Waals surface area (Å²) in [6.07, 6.45) is 0.629. The average molecular weight is 599 g/mol. The van der Waals surface area contributed by atoms with Gasteiger partial charge in [-0.25, -0.2) is 27.9 Å². The summed E-state index contributed by atoms with van der Waals surface area (Å²) >= 11 is 0. The second kappa shape index (κ2) is 12.2. The van der Waals surface area contributed by atoms with Crippen molar-refractivity contribution < 1.29 is 32.2 Å². The molecule has 44 heavy (non-hydrogen) atoms. The zero-order valence-corrected chi connectivity index (χ0v) is 23.5. The lowest BCUT2D eigenvalue weighted by Crippen LogP contribution is -2.31. The predicted octanol–water partition coefficient (Wildman–Crippen LogP) is 6.13. The number of imidazole rings is 1. The van der Waals surface area contributed by atoms with Crippen LogP contribution >= 0.6 is 0 Å². The van der Waals surface area contributed by atoms with Crippen LogP contribution in [0.5, 0.6) is 5.88 Å². The molecular formula is C33H25F3N4O4. The number of nitriles is 1. The molecular weight excluding hydrogens is 573 g/mol. The lowest BCUT2D eigenvalue weighted by Gasteiger charge is -2.27. The van der Waals surface area contributed by atoms with Gasteiger partial charge in [-0.1, -0.05) is 12.1 Å². The van der Waals surface area contributed by atoms with Crippen LogP contribution in [0.1, 0.15) is 39.3 Å². The second-order valence-electron chi connectivity index (χ2n) is 10.3. The Kier molecular flexibility index (Phi) is 8.00. The molecule has 1 aliphatic heterocycles. The second-order valence-corrected chi connectivity index (χ2v) is 10.3. The van der Waals surface area contributed by atoms with E-state index in [1.807, 2.05) is 10.6 Å². The molecule has 222 valence electrons. The SMILES string of the molecule is COC(=O)c1ccc2nc(Cc3c(F)cc(-c4cccc(OCc5ccc(C#N)cc5F)n4)cc3F)n(C[C@@H]3CCO3)c2c1. The minimum atomic E-state index is -0.776. The number of fused-ring (bicyclic) bond motifs is 1. The van der Waals surface area contributed by atoms with E-state index in [1.165, 1.54) is 31.4 Å². The van der Waals surface area contributed by atoms with Gasteiger partial charge in [0.15, 0.2) is 0 Å². The number of nitrogens with zero attached hydrogens (tertiary/aromatic N) is 4. The third kappa shape index (κ3) is 5.85. The molecule has 2 aromatic heterocycles. The fourth-order valence-electron chi connectivity index (χ4n) is 5.01. The highest BCUT2D eigenvalue weighted by Crippen LogP contribution is 2.29. The Morgan fingerprint density at radius 2 is 1.84 bits per heavy atom. The first kappa shape index (κ1) is 28.9. The molecule has 1 aliphatic rings. The van der Waals surface area contributed by atoms with Crippen molar-refractivity contribution in [1.82, 2.24) is 14.5 Å². The van der Waals surface area contributed by atoms with Gasteiger partial charge in [0.1, 0.15) is 29.9 Å². The summed E-state index contributed by atoms with van der Waals surface area (Å²) in [7, 11) is 1.30. The van der Waals surface area contributed by atoms with Crippen molar-refractivity contribution >= 4 is 17.0 Å². The van der Waals surface area contributed by atoms with Crippen LogP contribution in [0.4, 0.5) is 13.2 Å². The number of carbonyl (C=O) groups is 1. The van der Waals surface area contributed by atoms with E-state index in [4.69, 9.17) is 19.5 Å². The van der Waals surface area contributed by atoms with Gasteiger partial charge in [0.2, 0.25) is 5.88 Å². The molecule has 8 nitrogen and oxygen atoms in total. The van der Waals surface area contributed by atoms with Crippen LogP contribution in [0.2, 0.25) is 0 Å². The highest BCUT2D eigenvalue weighted by atomic mass is 19.1. The Morgan fingerprint density at radius 3 is 2.52 bits per heavy atom. The van der Waals surface area contributed by atoms with Crippen molar-refractivity contribution in [1.29, 1.82) is 5.26 Å². The predicted molar refractivity (Wildman–Crippen MR) is 153 cm³/mol. The van der Waals surface area contributed by atoms with Crippen molar-refractivity contribution in [3.63, 3.8) is 0 Å². The van der Waals surface area contributed by atoms with Gasteiger partial charge in [0.05, 0.1) is 53.7 Å². The van der Waals surface area contributed by atoms with Gasteiger partial charge in [-0.15, -0.1) is 0 Å². The van der Waals surface area contributed by atoms with Crippen molar-refractivity contribution in [2.75, 3.05) is 13.7 Å². The molecule has 3 heterocycles. The largest absolute Gasteiger partial charge is 0.473 e. The third-order valence-corrected chi connectivity index (χ3v) is 7.48. The molecule has 11 heteroatoms. The van der Waals surface area contributed by atoms with E-state index in [0.29, 0.717) is 35.6 Å². The maximum atomic E-state index is 15.5. The number of esters is 1. The molecule has 0 aliphatic carbocycles. The zero-order chi connectivity index (χ0) is 30.8. The van der Waals surface area contributed by atoms with Crippen LogP contribution < -0.4 is 4.74 Å². The number of rotatable bonds is 9. The minimum Gasteiger partial charge on any atom is -0.473 e. The molecule has 0 amide bonds. The molecule has 0 unspecified atom stereocenters. The number of aromatic nitrogens is 3. The molecule has 0 N–H and O–H groups in total. The van der Waals surface area contributed by atoms with E-state index in [0.717, 1.165) is 12.5 Å². The van der Waals surface area contributed by atoms with E-state index in [2.05, 4.69) is 9.97 Å². The summed E-state index contributed by atoms with van der Waals surface area (Å²) in [5, 5.41) is 8.91. The Morgan fingerprint density at radius 1 is 1.05 bits per heavy atom. The van der Waals surface area contributed by atoms with E-state index in [9.17, 15) is 9.18 Å². The molecule has 1 fully saturated rings. The molecule has 3 aromatic carbocycles. The van der Waals surface area contributed by atoms with Gasteiger partial charge in [-0.05, 0) is 55.0 Å². The molecule has 0 saturated carbocycles. The van der Waals surface area contributed by atoms with E-state index in [-0.39, 0.29) is 53.0 Å². The van der Waals surface area contributed by atoms with Crippen molar-refractivity contribution in [2.45, 2.75) is 32.1 Å². The summed E-state index contributed by atoms with van der Waals surface area (Å²) in [6.45, 7) is 0.905. The Labute approximate surface area is 250 Å². The van der Waals surface area contributed by atoms with Gasteiger partial charge in [-0.2, -0.15) is 5.26 Å². The summed E-state index contributed by atoms with van der Waals surface area (Å²) < 4.78 is 63.2. The number of pyridine rings is 1. The topological polar surface area (TPSA) is 99.3 Å². The number of methoxy groups -OCH3 is 1. The number of ether oxygens (including phenoxy) is 3. The molecule has 0 bridgehead atoms. The van der Waals surface area contributed by atoms with E-state index < -0.39 is 23.4 Å². The van der Waals surface area contributed by atoms with Gasteiger partial charge in [0, 0.05) is 35.8 Å². The van der Waals surface area contributed by atoms with Crippen LogP contribution in [0.3, 0.4) is 0 Å². The smallest absolute Gasteiger partial charge is 0.337 e. The number of halogens is 3. The summed E-state index contributed by atoms with van der Waals surface area (Å²) in [4.78, 5) is 21.1. The number of carbonyl (C=O) groups excluding carboxylic acids is 1. The quantitative estimate of drug-likeness (QED) is 0.188. The number of hydrogen-bond acceptors (Lipinski definition) is 7. The average Bonchev–Trinajstić information content (AvgIpc) is 3.35. The standard InChI is InChI=1S/C33H25F3N4O4/c1-42-33(41)20-7-8-29-30(14-20)40(17-23-9-10-43-23)31(38-29)15-24-26(35)12-22(13-27(24)36)28-3-2-4-32(39-28)44-18-21-6-5-19(16-37)11-25(21)34/h2-8,11-14,23H,9-10,15,17-18H2,1H3/t23-/m0/s1. The monoisotopic (exact) mass is 598 g/mol. The van der Waals surface area contributed by atoms with Gasteiger partial charge in [-0.3, -0.25) is 0 Å². The first-order valence-electron chi connectivity index (χ1n) is 13.8. The lowest BCUT2D eigenvalue weighted by atomic mass is 10.0. The molecule has 6 rings (SSSR count). The van der Waals surface area contributed by atoms with E-state index in [1.54, 1.807) is 36.4 Å². The highest BCUT2D eigenvalue weighted by molar-refractivity contribution is 5.93. The summed E-state index contributed by atoms with van der Waals surface area (Å²) in [5.41, 5.74) is 2.26. The Bertz CT molecular complexity index is 1910. The zero-order valence-electron chi connectivity index (χ0n) is 23.5. The maximum Gasteiger partial charge on any atom is 0.337 e. The van der Waals surface area contributed by atoms with Crippen LogP contribution in [0.25, 0.3) is 22.3 Å². The van der Waals surface area contributed by atoms with Crippen LogP contribution in [0, 0.1) is 28.8 Å². The lowest BCUT2D eigenvalue weighted by molar-refractivity contribution is -0.0589. The van der Waals surface area contributed by atoms with Gasteiger partial charge in [0.25, 0.3) is 0 Å². The van der Waals surface area contributed by atoms with Crippen molar-refractivity contribution in [3.8, 4) is 23.2 Å². The van der Waals surface area contributed by atoms with Gasteiger partial charge >= 0.3 is 5.97 Å². The maximum absolute atomic E-state index is 15.5. The Balaban J connectivity index is 1.26. The van der Waals surface area contributed by atoms with Crippen molar-refractivity contribution in [3.05, 3.63) is 112 Å². The van der Waals surface area contributed by atoms with Crippen molar-refractivity contribution in [2.24, 2.45) is 0 Å². The number of benzene rings is 3. The molecule has 0 spiro atoms. The first-order valence-corrected chi connectivity index (χ1v) is 13.8. The first-order chi connectivity index (χ1) is 21.3. The third-order valence-electron chi connectivity index (χ3n) is 7.48. The summed E-state index contributed by atoms with van der Waals surface area (Å²) in [6, 6.07) is 18.0. The molecule has 1 atom stereocenters. The van der Waals surface area contributed by atoms with E-state index >= 15 is 8.78 Å². The van der Waals surface area contributed by atoms with Crippen LogP contribution in [0.15, 0.2) is 66.7 Å². The molecule has 0 radical (unpaired) electrons. The summed E-state index contributed by atoms with van der Waals surface area (Å²) in [5.74, 6) is -2.08. The minimum absolute atomic E-state index is 0.0704. The fraction of sp³-hybridized carbons (Fsp3) is 0.212.